The lowest BCUT2D eigenvalue weighted by atomic mass is 10.1. The van der Waals surface area contributed by atoms with Crippen molar-refractivity contribution in [2.75, 3.05) is 6.54 Å². The third-order valence-corrected chi connectivity index (χ3v) is 3.79. The molecule has 0 radical (unpaired) electrons. The zero-order chi connectivity index (χ0) is 11.4. The fourth-order valence-corrected chi connectivity index (χ4v) is 2.67. The summed E-state index contributed by atoms with van der Waals surface area (Å²) in [5, 5.41) is 3.56. The predicted octanol–water partition coefficient (Wildman–Crippen LogP) is 3.66. The SMILES string of the molecule is Fc1ccc(CCNC2CCCC2)cc1Br. The second kappa shape index (κ2) is 5.78. The second-order valence-corrected chi connectivity index (χ2v) is 5.29. The molecule has 1 nitrogen and oxygen atoms in total. The van der Waals surface area contributed by atoms with Crippen LogP contribution in [-0.4, -0.2) is 12.6 Å². The summed E-state index contributed by atoms with van der Waals surface area (Å²) in [7, 11) is 0. The van der Waals surface area contributed by atoms with Gasteiger partial charge in [0.1, 0.15) is 5.82 Å². The molecular weight excluding hydrogens is 269 g/mol. The summed E-state index contributed by atoms with van der Waals surface area (Å²) >= 11 is 3.21. The molecule has 3 heteroatoms. The molecule has 1 aromatic carbocycles. The summed E-state index contributed by atoms with van der Waals surface area (Å²) in [4.78, 5) is 0. The van der Waals surface area contributed by atoms with Crippen LogP contribution in [0.25, 0.3) is 0 Å². The van der Waals surface area contributed by atoms with E-state index in [4.69, 9.17) is 0 Å². The largest absolute Gasteiger partial charge is 0.314 e. The Morgan fingerprint density at radius 1 is 1.31 bits per heavy atom. The summed E-state index contributed by atoms with van der Waals surface area (Å²) in [6, 6.07) is 5.96. The molecule has 88 valence electrons. The fourth-order valence-electron chi connectivity index (χ4n) is 2.25. The van der Waals surface area contributed by atoms with Gasteiger partial charge in [0, 0.05) is 6.04 Å². The first-order valence-corrected chi connectivity index (χ1v) is 6.72. The summed E-state index contributed by atoms with van der Waals surface area (Å²) in [5.41, 5.74) is 1.18. The van der Waals surface area contributed by atoms with Crippen molar-refractivity contribution >= 4 is 15.9 Å². The van der Waals surface area contributed by atoms with Crippen molar-refractivity contribution < 1.29 is 4.39 Å². The maximum Gasteiger partial charge on any atom is 0.137 e. The molecule has 1 aromatic rings. The van der Waals surface area contributed by atoms with E-state index < -0.39 is 0 Å². The Balaban J connectivity index is 1.78. The third kappa shape index (κ3) is 3.29. The Labute approximate surface area is 105 Å². The van der Waals surface area contributed by atoms with Crippen LogP contribution in [0.1, 0.15) is 31.2 Å². The number of nitrogens with one attached hydrogen (secondary N) is 1. The molecular formula is C13H17BrFN. The van der Waals surface area contributed by atoms with E-state index >= 15 is 0 Å². The van der Waals surface area contributed by atoms with Crippen LogP contribution in [0.5, 0.6) is 0 Å². The van der Waals surface area contributed by atoms with Crippen molar-refractivity contribution in [2.24, 2.45) is 0 Å². The van der Waals surface area contributed by atoms with Gasteiger partial charge in [0.2, 0.25) is 0 Å². The van der Waals surface area contributed by atoms with Crippen molar-refractivity contribution in [1.82, 2.24) is 5.32 Å². The van der Waals surface area contributed by atoms with E-state index in [0.29, 0.717) is 10.5 Å². The molecule has 0 bridgehead atoms. The van der Waals surface area contributed by atoms with E-state index in [9.17, 15) is 4.39 Å². The van der Waals surface area contributed by atoms with Crippen molar-refractivity contribution in [3.63, 3.8) is 0 Å². The molecule has 0 heterocycles. The average Bonchev–Trinajstić information content (AvgIpc) is 2.76. The molecule has 0 aromatic heterocycles. The Morgan fingerprint density at radius 2 is 2.06 bits per heavy atom. The van der Waals surface area contributed by atoms with E-state index in [0.717, 1.165) is 13.0 Å². The van der Waals surface area contributed by atoms with Gasteiger partial charge < -0.3 is 5.32 Å². The second-order valence-electron chi connectivity index (χ2n) is 4.43. The first kappa shape index (κ1) is 12.1. The number of hydrogen-bond acceptors (Lipinski definition) is 1. The van der Waals surface area contributed by atoms with Gasteiger partial charge in [-0.15, -0.1) is 0 Å². The van der Waals surface area contributed by atoms with Crippen LogP contribution < -0.4 is 5.32 Å². The molecule has 0 amide bonds. The monoisotopic (exact) mass is 285 g/mol. The van der Waals surface area contributed by atoms with Crippen molar-refractivity contribution in [2.45, 2.75) is 38.1 Å². The maximum absolute atomic E-state index is 13.0. The molecule has 0 spiro atoms. The zero-order valence-electron chi connectivity index (χ0n) is 9.31. The number of rotatable bonds is 4. The first-order chi connectivity index (χ1) is 7.75. The molecule has 0 unspecified atom stereocenters. The lowest BCUT2D eigenvalue weighted by Gasteiger charge is -2.11. The smallest absolute Gasteiger partial charge is 0.137 e. The Morgan fingerprint density at radius 3 is 2.75 bits per heavy atom. The van der Waals surface area contributed by atoms with Gasteiger partial charge in [-0.05, 0) is 59.4 Å². The molecule has 1 N–H and O–H groups in total. The predicted molar refractivity (Wildman–Crippen MR) is 68.1 cm³/mol. The van der Waals surface area contributed by atoms with Crippen LogP contribution in [0.15, 0.2) is 22.7 Å². The highest BCUT2D eigenvalue weighted by Crippen LogP contribution is 2.19. The van der Waals surface area contributed by atoms with Crippen LogP contribution in [0.3, 0.4) is 0 Å². The molecule has 16 heavy (non-hydrogen) atoms. The van der Waals surface area contributed by atoms with Gasteiger partial charge in [0.15, 0.2) is 0 Å². The molecule has 1 aliphatic rings. The summed E-state index contributed by atoms with van der Waals surface area (Å²) in [5.74, 6) is -0.187. The number of hydrogen-bond donors (Lipinski definition) is 1. The van der Waals surface area contributed by atoms with Crippen LogP contribution in [0, 0.1) is 5.82 Å². The molecule has 1 fully saturated rings. The number of halogens is 2. The number of benzene rings is 1. The molecule has 2 rings (SSSR count). The van der Waals surface area contributed by atoms with Crippen molar-refractivity contribution in [1.29, 1.82) is 0 Å². The van der Waals surface area contributed by atoms with Gasteiger partial charge >= 0.3 is 0 Å². The topological polar surface area (TPSA) is 12.0 Å². The highest BCUT2D eigenvalue weighted by Gasteiger charge is 2.13. The minimum atomic E-state index is -0.187. The van der Waals surface area contributed by atoms with Gasteiger partial charge in [-0.25, -0.2) is 4.39 Å². The fraction of sp³-hybridized carbons (Fsp3) is 0.538. The Bertz CT molecular complexity index is 348. The van der Waals surface area contributed by atoms with E-state index in [1.165, 1.54) is 37.3 Å². The van der Waals surface area contributed by atoms with Gasteiger partial charge in [0.25, 0.3) is 0 Å². The third-order valence-electron chi connectivity index (χ3n) is 3.19. The lowest BCUT2D eigenvalue weighted by molar-refractivity contribution is 0.527. The van der Waals surface area contributed by atoms with E-state index in [2.05, 4.69) is 21.2 Å². The quantitative estimate of drug-likeness (QED) is 0.890. The van der Waals surface area contributed by atoms with Crippen LogP contribution in [-0.2, 0) is 6.42 Å². The molecule has 0 saturated heterocycles. The van der Waals surface area contributed by atoms with Gasteiger partial charge in [-0.1, -0.05) is 18.9 Å². The summed E-state index contributed by atoms with van der Waals surface area (Å²) in [6.45, 7) is 0.989. The summed E-state index contributed by atoms with van der Waals surface area (Å²) in [6.07, 6.45) is 6.31. The molecule has 0 atom stereocenters. The Kier molecular flexibility index (Phi) is 4.36. The van der Waals surface area contributed by atoms with E-state index in [-0.39, 0.29) is 5.82 Å². The van der Waals surface area contributed by atoms with E-state index in [1.807, 2.05) is 12.1 Å². The average molecular weight is 286 g/mol. The van der Waals surface area contributed by atoms with Crippen LogP contribution in [0.2, 0.25) is 0 Å². The van der Waals surface area contributed by atoms with Gasteiger partial charge in [-0.2, -0.15) is 0 Å². The normalized spacial score (nSPS) is 16.9. The Hall–Kier alpha value is -0.410. The van der Waals surface area contributed by atoms with Gasteiger partial charge in [0.05, 0.1) is 4.47 Å². The molecule has 1 aliphatic carbocycles. The summed E-state index contributed by atoms with van der Waals surface area (Å²) < 4.78 is 13.6. The van der Waals surface area contributed by atoms with Crippen LogP contribution >= 0.6 is 15.9 Å². The highest BCUT2D eigenvalue weighted by molar-refractivity contribution is 9.10. The van der Waals surface area contributed by atoms with Crippen molar-refractivity contribution in [3.05, 3.63) is 34.1 Å². The van der Waals surface area contributed by atoms with Crippen LogP contribution in [0.4, 0.5) is 4.39 Å². The standard InChI is InChI=1S/C13H17BrFN/c14-12-9-10(5-6-13(12)15)7-8-16-11-3-1-2-4-11/h5-6,9,11,16H,1-4,7-8H2. The lowest BCUT2D eigenvalue weighted by Crippen LogP contribution is -2.27. The van der Waals surface area contributed by atoms with E-state index in [1.54, 1.807) is 0 Å². The first-order valence-electron chi connectivity index (χ1n) is 5.93. The minimum Gasteiger partial charge on any atom is -0.314 e. The van der Waals surface area contributed by atoms with Crippen molar-refractivity contribution in [3.8, 4) is 0 Å². The minimum absolute atomic E-state index is 0.187. The highest BCUT2D eigenvalue weighted by atomic mass is 79.9. The zero-order valence-corrected chi connectivity index (χ0v) is 10.9. The van der Waals surface area contributed by atoms with Gasteiger partial charge in [-0.3, -0.25) is 0 Å². The molecule has 0 aliphatic heterocycles. The molecule has 1 saturated carbocycles. The maximum atomic E-state index is 13.0.